The molecule has 4 aliphatic carbocycles. The van der Waals surface area contributed by atoms with E-state index in [0.29, 0.717) is 17.8 Å². The second-order valence-corrected chi connectivity index (χ2v) is 12.7. The van der Waals surface area contributed by atoms with Crippen LogP contribution in [0.15, 0.2) is 12.2 Å². The lowest BCUT2D eigenvalue weighted by molar-refractivity contribution is -0.322. The number of rotatable bonds is 3. The summed E-state index contributed by atoms with van der Waals surface area (Å²) in [6, 6.07) is 0. The van der Waals surface area contributed by atoms with Crippen LogP contribution in [0.2, 0.25) is 0 Å². The van der Waals surface area contributed by atoms with Gasteiger partial charge in [-0.05, 0) is 79.1 Å². The summed E-state index contributed by atoms with van der Waals surface area (Å²) >= 11 is 0. The van der Waals surface area contributed by atoms with Crippen molar-refractivity contribution in [3.05, 3.63) is 12.2 Å². The van der Waals surface area contributed by atoms with Crippen LogP contribution < -0.4 is 0 Å². The Balaban J connectivity index is 1.41. The van der Waals surface area contributed by atoms with E-state index >= 15 is 0 Å². The number of aliphatic hydroxyl groups is 5. The standard InChI is InChI=1S/C26H42O7/c1-13-14-5-6-18-25(4)11-15(32-23-21(30)20(29)19(28)16(12-27)33-23)10-24(2,3)17(25)7-8-26(18,9-14)22(13)31/h14-23,27-31H,1,5-12H2,2-4H3/t14-,15+,16+,17-,18+,19+,20-,21+,22+,23+,25-,26-/m0/s1. The van der Waals surface area contributed by atoms with Crippen LogP contribution in [0.3, 0.4) is 0 Å². The maximum Gasteiger partial charge on any atom is 0.186 e. The fraction of sp³-hybridized carbons (Fsp3) is 0.923. The number of ether oxygens (including phenoxy) is 2. The van der Waals surface area contributed by atoms with E-state index in [9.17, 15) is 25.5 Å². The van der Waals surface area contributed by atoms with Crippen LogP contribution in [0.4, 0.5) is 0 Å². The molecule has 0 aromatic carbocycles. The zero-order chi connectivity index (χ0) is 23.9. The number of hydrogen-bond acceptors (Lipinski definition) is 7. The normalized spacial score (nSPS) is 55.7. The zero-order valence-corrected chi connectivity index (χ0v) is 20.2. The van der Waals surface area contributed by atoms with Crippen molar-refractivity contribution in [1.82, 2.24) is 0 Å². The monoisotopic (exact) mass is 466 g/mol. The topological polar surface area (TPSA) is 120 Å². The average Bonchev–Trinajstić information content (AvgIpc) is 2.93. The maximum atomic E-state index is 11.3. The Labute approximate surface area is 196 Å². The van der Waals surface area contributed by atoms with Gasteiger partial charge in [0.15, 0.2) is 6.29 Å². The van der Waals surface area contributed by atoms with Crippen molar-refractivity contribution in [1.29, 1.82) is 0 Å². The van der Waals surface area contributed by atoms with Crippen molar-refractivity contribution in [3.8, 4) is 0 Å². The highest BCUT2D eigenvalue weighted by atomic mass is 16.7. The lowest BCUT2D eigenvalue weighted by Crippen LogP contribution is -2.62. The highest BCUT2D eigenvalue weighted by Gasteiger charge is 2.67. The Morgan fingerprint density at radius 3 is 2.36 bits per heavy atom. The number of hydrogen-bond donors (Lipinski definition) is 5. The minimum absolute atomic E-state index is 0.00478. The quantitative estimate of drug-likeness (QED) is 0.317. The van der Waals surface area contributed by atoms with Crippen molar-refractivity contribution in [3.63, 3.8) is 0 Å². The van der Waals surface area contributed by atoms with Crippen molar-refractivity contribution in [2.24, 2.45) is 34.0 Å². The van der Waals surface area contributed by atoms with Gasteiger partial charge in [0, 0.05) is 5.41 Å². The number of aliphatic hydroxyl groups excluding tert-OH is 5. The number of fused-ring (bicyclic) bond motifs is 3. The van der Waals surface area contributed by atoms with Crippen molar-refractivity contribution >= 4 is 0 Å². The minimum Gasteiger partial charge on any atom is -0.394 e. The molecule has 7 heteroatoms. The molecule has 0 amide bonds. The Bertz CT molecular complexity index is 783. The second kappa shape index (κ2) is 7.99. The molecule has 0 aromatic heterocycles. The van der Waals surface area contributed by atoms with E-state index in [1.165, 1.54) is 0 Å². The molecular weight excluding hydrogens is 424 g/mol. The summed E-state index contributed by atoms with van der Waals surface area (Å²) in [4.78, 5) is 0. The van der Waals surface area contributed by atoms with E-state index in [1.54, 1.807) is 0 Å². The smallest absolute Gasteiger partial charge is 0.186 e. The van der Waals surface area contributed by atoms with E-state index in [1.807, 2.05) is 0 Å². The minimum atomic E-state index is -1.44. The Kier molecular flexibility index (Phi) is 5.85. The van der Waals surface area contributed by atoms with Gasteiger partial charge in [0.1, 0.15) is 24.4 Å². The summed E-state index contributed by atoms with van der Waals surface area (Å²) in [5, 5.41) is 51.7. The summed E-state index contributed by atoms with van der Waals surface area (Å²) in [5.74, 6) is 1.33. The molecule has 5 fully saturated rings. The van der Waals surface area contributed by atoms with Crippen LogP contribution in [0.1, 0.15) is 65.7 Å². The van der Waals surface area contributed by atoms with Crippen LogP contribution in [0.25, 0.3) is 0 Å². The van der Waals surface area contributed by atoms with Crippen molar-refractivity contribution < 1.29 is 35.0 Å². The molecule has 188 valence electrons. The summed E-state index contributed by atoms with van der Waals surface area (Å²) in [7, 11) is 0. The van der Waals surface area contributed by atoms with E-state index in [4.69, 9.17) is 9.47 Å². The van der Waals surface area contributed by atoms with E-state index < -0.39 is 43.4 Å². The molecule has 5 aliphatic rings. The van der Waals surface area contributed by atoms with Crippen LogP contribution in [0.5, 0.6) is 0 Å². The summed E-state index contributed by atoms with van der Waals surface area (Å²) in [6.07, 6.45) is 0.0520. The molecule has 12 atom stereocenters. The Hall–Kier alpha value is -0.540. The van der Waals surface area contributed by atoms with Gasteiger partial charge in [-0.2, -0.15) is 0 Å². The molecule has 7 nitrogen and oxygen atoms in total. The fourth-order valence-electron chi connectivity index (χ4n) is 9.28. The van der Waals surface area contributed by atoms with Gasteiger partial charge in [-0.15, -0.1) is 0 Å². The molecule has 1 spiro atoms. The van der Waals surface area contributed by atoms with Gasteiger partial charge in [0.2, 0.25) is 0 Å². The summed E-state index contributed by atoms with van der Waals surface area (Å²) < 4.78 is 12.0. The maximum absolute atomic E-state index is 11.3. The average molecular weight is 467 g/mol. The van der Waals surface area contributed by atoms with Crippen LogP contribution in [0, 0.1) is 34.0 Å². The highest BCUT2D eigenvalue weighted by Crippen LogP contribution is 2.72. The molecule has 33 heavy (non-hydrogen) atoms. The van der Waals surface area contributed by atoms with E-state index in [0.717, 1.165) is 50.5 Å². The predicted molar refractivity (Wildman–Crippen MR) is 121 cm³/mol. The first-order valence-electron chi connectivity index (χ1n) is 12.8. The first-order valence-corrected chi connectivity index (χ1v) is 12.8. The van der Waals surface area contributed by atoms with Gasteiger partial charge < -0.3 is 35.0 Å². The molecule has 1 aliphatic heterocycles. The Morgan fingerprint density at radius 1 is 0.939 bits per heavy atom. The molecule has 5 N–H and O–H groups in total. The third-order valence-electron chi connectivity index (χ3n) is 10.6. The van der Waals surface area contributed by atoms with Gasteiger partial charge in [0.05, 0.1) is 18.8 Å². The van der Waals surface area contributed by atoms with Crippen molar-refractivity contribution in [2.75, 3.05) is 6.61 Å². The van der Waals surface area contributed by atoms with E-state index in [2.05, 4.69) is 27.4 Å². The van der Waals surface area contributed by atoms with Crippen LogP contribution in [-0.4, -0.2) is 75.1 Å². The van der Waals surface area contributed by atoms with E-state index in [-0.39, 0.29) is 22.3 Å². The first-order chi connectivity index (χ1) is 15.4. The molecule has 1 heterocycles. The fourth-order valence-corrected chi connectivity index (χ4v) is 9.28. The SMILES string of the molecule is C=C1[C@H]2CC[C@@H]3[C@@]4(C)C[C@H](O[C@@H]5O[C@H](CO)[C@@H](O)[C@H](O)[C@H]5O)CC(C)(C)[C@@H]4CC[C@@]3(C2)[C@@H]1O. The third kappa shape index (κ3) is 3.41. The summed E-state index contributed by atoms with van der Waals surface area (Å²) in [5.41, 5.74) is 0.913. The zero-order valence-electron chi connectivity index (χ0n) is 20.2. The predicted octanol–water partition coefficient (Wildman–Crippen LogP) is 1.74. The van der Waals surface area contributed by atoms with Gasteiger partial charge in [-0.25, -0.2) is 0 Å². The Morgan fingerprint density at radius 2 is 1.67 bits per heavy atom. The van der Waals surface area contributed by atoms with Gasteiger partial charge >= 0.3 is 0 Å². The molecule has 0 radical (unpaired) electrons. The second-order valence-electron chi connectivity index (χ2n) is 12.7. The summed E-state index contributed by atoms with van der Waals surface area (Å²) in [6.45, 7) is 10.8. The molecule has 4 saturated carbocycles. The molecule has 0 aromatic rings. The van der Waals surface area contributed by atoms with Gasteiger partial charge in [-0.1, -0.05) is 27.4 Å². The molecule has 1 saturated heterocycles. The molecule has 0 unspecified atom stereocenters. The van der Waals surface area contributed by atoms with Gasteiger partial charge in [0.25, 0.3) is 0 Å². The van der Waals surface area contributed by atoms with Crippen LogP contribution >= 0.6 is 0 Å². The largest absolute Gasteiger partial charge is 0.394 e. The first kappa shape index (κ1) is 24.2. The third-order valence-corrected chi connectivity index (χ3v) is 10.6. The molecular formula is C26H42O7. The lowest BCUT2D eigenvalue weighted by Gasteiger charge is -2.65. The highest BCUT2D eigenvalue weighted by molar-refractivity contribution is 5.27. The van der Waals surface area contributed by atoms with Crippen molar-refractivity contribution in [2.45, 2.75) is 109 Å². The molecule has 2 bridgehead atoms. The lowest BCUT2D eigenvalue weighted by atomic mass is 9.40. The molecule has 5 rings (SSSR count). The van der Waals surface area contributed by atoms with Gasteiger partial charge in [-0.3, -0.25) is 0 Å². The van der Waals surface area contributed by atoms with Crippen LogP contribution in [-0.2, 0) is 9.47 Å².